The molecule has 3 aromatic rings. The Morgan fingerprint density at radius 2 is 1.90 bits per heavy atom. The fourth-order valence-corrected chi connectivity index (χ4v) is 3.28. The van der Waals surface area contributed by atoms with Crippen molar-refractivity contribution in [1.82, 2.24) is 14.8 Å². The number of benzene rings is 1. The molecule has 2 aromatic heterocycles. The van der Waals surface area contributed by atoms with Crippen LogP contribution in [0.5, 0.6) is 11.5 Å². The van der Waals surface area contributed by atoms with Gasteiger partial charge in [0.25, 0.3) is 0 Å². The van der Waals surface area contributed by atoms with Gasteiger partial charge in [-0.2, -0.15) is 18.3 Å². The van der Waals surface area contributed by atoms with Crippen molar-refractivity contribution >= 4 is 17.3 Å². The molecule has 0 radical (unpaired) electrons. The molecule has 0 atom stereocenters. The molecule has 1 aromatic carbocycles. The fraction of sp³-hybridized carbons (Fsp3) is 0.278. The Morgan fingerprint density at radius 3 is 2.52 bits per heavy atom. The van der Waals surface area contributed by atoms with Gasteiger partial charge in [0.1, 0.15) is 0 Å². The zero-order chi connectivity index (χ0) is 21.2. The van der Waals surface area contributed by atoms with Crippen LogP contribution >= 0.6 is 11.3 Å². The lowest BCUT2D eigenvalue weighted by Gasteiger charge is -2.08. The van der Waals surface area contributed by atoms with Gasteiger partial charge >= 0.3 is 12.1 Å². The number of halogens is 3. The van der Waals surface area contributed by atoms with Gasteiger partial charge in [0.15, 0.2) is 22.9 Å². The molecule has 11 heteroatoms. The van der Waals surface area contributed by atoms with Gasteiger partial charge in [-0.3, -0.25) is 0 Å². The van der Waals surface area contributed by atoms with E-state index >= 15 is 0 Å². The molecule has 0 amide bonds. The van der Waals surface area contributed by atoms with E-state index in [1.807, 2.05) is 0 Å². The second-order valence-corrected chi connectivity index (χ2v) is 6.47. The van der Waals surface area contributed by atoms with E-state index in [0.29, 0.717) is 21.7 Å². The van der Waals surface area contributed by atoms with Crippen LogP contribution in [0.3, 0.4) is 0 Å². The molecule has 7 nitrogen and oxygen atoms in total. The van der Waals surface area contributed by atoms with Crippen LogP contribution in [0.4, 0.5) is 13.2 Å². The molecule has 0 bridgehead atoms. The monoisotopic (exact) mass is 427 g/mol. The van der Waals surface area contributed by atoms with Gasteiger partial charge in [0.2, 0.25) is 5.13 Å². The number of ether oxygens (including phenoxy) is 3. The molecule has 0 aliphatic rings. The summed E-state index contributed by atoms with van der Waals surface area (Å²) >= 11 is 0.853. The largest absolute Gasteiger partial charge is 0.493 e. The molecule has 3 rings (SSSR count). The predicted molar refractivity (Wildman–Crippen MR) is 98.7 cm³/mol. The maximum atomic E-state index is 13.6. The molecule has 2 heterocycles. The molecule has 0 spiro atoms. The van der Waals surface area contributed by atoms with Crippen LogP contribution in [0, 0.1) is 0 Å². The first kappa shape index (κ1) is 20.6. The maximum absolute atomic E-state index is 13.6. The number of nitrogens with zero attached hydrogens (tertiary/aromatic N) is 3. The number of hydrogen-bond acceptors (Lipinski definition) is 7. The molecule has 0 saturated carbocycles. The number of methoxy groups -OCH3 is 2. The molecule has 0 aliphatic heterocycles. The minimum Gasteiger partial charge on any atom is -0.493 e. The highest BCUT2D eigenvalue weighted by molar-refractivity contribution is 7.12. The second kappa shape index (κ2) is 8.11. The van der Waals surface area contributed by atoms with Crippen molar-refractivity contribution in [3.8, 4) is 27.9 Å². The third-order valence-electron chi connectivity index (χ3n) is 3.84. The first-order chi connectivity index (χ1) is 13.8. The normalized spacial score (nSPS) is 11.4. The van der Waals surface area contributed by atoms with Crippen molar-refractivity contribution < 1.29 is 32.2 Å². The summed E-state index contributed by atoms with van der Waals surface area (Å²) in [7, 11) is 2.88. The second-order valence-electron chi connectivity index (χ2n) is 5.63. The van der Waals surface area contributed by atoms with E-state index in [0.717, 1.165) is 17.4 Å². The Kier molecular flexibility index (Phi) is 5.78. The number of aromatic nitrogens is 3. The van der Waals surface area contributed by atoms with Crippen molar-refractivity contribution in [3.63, 3.8) is 0 Å². The van der Waals surface area contributed by atoms with Crippen molar-refractivity contribution in [2.75, 3.05) is 20.8 Å². The Morgan fingerprint density at radius 1 is 1.17 bits per heavy atom. The lowest BCUT2D eigenvalue weighted by Crippen LogP contribution is -2.13. The summed E-state index contributed by atoms with van der Waals surface area (Å²) in [5, 5.41) is 5.28. The van der Waals surface area contributed by atoms with Crippen LogP contribution in [0.1, 0.15) is 23.1 Å². The van der Waals surface area contributed by atoms with E-state index in [-0.39, 0.29) is 23.1 Å². The summed E-state index contributed by atoms with van der Waals surface area (Å²) in [6, 6.07) is 5.58. The van der Waals surface area contributed by atoms with E-state index in [9.17, 15) is 18.0 Å². The molecule has 29 heavy (non-hydrogen) atoms. The number of alkyl halides is 3. The SMILES string of the molecule is CCOC(=O)c1csc(-n2nc(-c3ccc(OC)c(OC)c3)cc2C(F)(F)F)n1. The molecular formula is C18H16F3N3O4S. The first-order valence-corrected chi connectivity index (χ1v) is 9.19. The zero-order valence-corrected chi connectivity index (χ0v) is 16.4. The zero-order valence-electron chi connectivity index (χ0n) is 15.6. The Balaban J connectivity index is 2.08. The summed E-state index contributed by atoms with van der Waals surface area (Å²) in [5.41, 5.74) is -0.643. The summed E-state index contributed by atoms with van der Waals surface area (Å²) in [6.07, 6.45) is -4.68. The van der Waals surface area contributed by atoms with Crippen LogP contribution in [0.15, 0.2) is 29.6 Å². The van der Waals surface area contributed by atoms with Gasteiger partial charge in [0.05, 0.1) is 26.5 Å². The molecule has 0 saturated heterocycles. The van der Waals surface area contributed by atoms with Crippen LogP contribution in [0.2, 0.25) is 0 Å². The van der Waals surface area contributed by atoms with Gasteiger partial charge in [0, 0.05) is 10.9 Å². The topological polar surface area (TPSA) is 75.5 Å². The van der Waals surface area contributed by atoms with Crippen LogP contribution in [-0.2, 0) is 10.9 Å². The minimum absolute atomic E-state index is 0.0613. The number of rotatable bonds is 6. The summed E-state index contributed by atoms with van der Waals surface area (Å²) < 4.78 is 56.6. The maximum Gasteiger partial charge on any atom is 0.433 e. The molecule has 0 aliphatic carbocycles. The number of esters is 1. The van der Waals surface area contributed by atoms with Crippen molar-refractivity contribution in [1.29, 1.82) is 0 Å². The number of carbonyl (C=O) groups is 1. The predicted octanol–water partition coefficient (Wildman–Crippen LogP) is 4.21. The van der Waals surface area contributed by atoms with E-state index in [2.05, 4.69) is 10.1 Å². The molecule has 154 valence electrons. The Hall–Kier alpha value is -3.08. The van der Waals surface area contributed by atoms with Crippen LogP contribution in [-0.4, -0.2) is 41.6 Å². The lowest BCUT2D eigenvalue weighted by atomic mass is 10.1. The fourth-order valence-electron chi connectivity index (χ4n) is 2.53. The first-order valence-electron chi connectivity index (χ1n) is 8.31. The Labute approximate surface area is 167 Å². The molecule has 0 fully saturated rings. The Bertz CT molecular complexity index is 1030. The van der Waals surface area contributed by atoms with Crippen molar-refractivity contribution in [3.05, 3.63) is 41.0 Å². The highest BCUT2D eigenvalue weighted by Crippen LogP contribution is 2.37. The highest BCUT2D eigenvalue weighted by atomic mass is 32.1. The van der Waals surface area contributed by atoms with E-state index in [1.165, 1.54) is 25.7 Å². The number of thiazole rings is 1. The molecular weight excluding hydrogens is 411 g/mol. The molecule has 0 N–H and O–H groups in total. The summed E-state index contributed by atoms with van der Waals surface area (Å²) in [6.45, 7) is 1.75. The van der Waals surface area contributed by atoms with Crippen LogP contribution < -0.4 is 9.47 Å². The van der Waals surface area contributed by atoms with Crippen molar-refractivity contribution in [2.24, 2.45) is 0 Å². The van der Waals surface area contributed by atoms with Gasteiger partial charge in [-0.25, -0.2) is 14.5 Å². The van der Waals surface area contributed by atoms with E-state index in [4.69, 9.17) is 14.2 Å². The van der Waals surface area contributed by atoms with Gasteiger partial charge in [-0.15, -0.1) is 11.3 Å². The molecule has 0 unspecified atom stereocenters. The highest BCUT2D eigenvalue weighted by Gasteiger charge is 2.37. The van der Waals surface area contributed by atoms with E-state index in [1.54, 1.807) is 19.1 Å². The number of carbonyl (C=O) groups excluding carboxylic acids is 1. The quantitative estimate of drug-likeness (QED) is 0.549. The standard InChI is InChI=1S/C18H16F3N3O4S/c1-4-28-16(25)12-9-29-17(22-12)24-15(18(19,20)21)8-11(23-24)10-5-6-13(26-2)14(7-10)27-3/h5-9H,4H2,1-3H3. The van der Waals surface area contributed by atoms with Gasteiger partial charge in [-0.1, -0.05) is 0 Å². The third-order valence-corrected chi connectivity index (χ3v) is 4.65. The smallest absolute Gasteiger partial charge is 0.433 e. The average molecular weight is 427 g/mol. The van der Waals surface area contributed by atoms with Gasteiger partial charge in [-0.05, 0) is 31.2 Å². The van der Waals surface area contributed by atoms with E-state index < -0.39 is 17.8 Å². The average Bonchev–Trinajstić information content (AvgIpc) is 3.34. The summed E-state index contributed by atoms with van der Waals surface area (Å²) in [4.78, 5) is 15.7. The third kappa shape index (κ3) is 4.19. The summed E-state index contributed by atoms with van der Waals surface area (Å²) in [5.74, 6) is 0.0773. The van der Waals surface area contributed by atoms with Gasteiger partial charge < -0.3 is 14.2 Å². The van der Waals surface area contributed by atoms with Crippen LogP contribution in [0.25, 0.3) is 16.4 Å². The lowest BCUT2D eigenvalue weighted by molar-refractivity contribution is -0.142. The van der Waals surface area contributed by atoms with Crippen molar-refractivity contribution in [2.45, 2.75) is 13.1 Å². The number of hydrogen-bond donors (Lipinski definition) is 0. The minimum atomic E-state index is -4.68.